The maximum atomic E-state index is 12.5. The molecule has 2 heterocycles. The minimum atomic E-state index is -0.636. The number of hydrogen-bond donors (Lipinski definition) is 2. The molecule has 4 rings (SSSR count). The number of benzene rings is 1. The molecule has 2 aromatic heterocycles. The second kappa shape index (κ2) is 6.20. The number of rotatable bonds is 4. The predicted octanol–water partition coefficient (Wildman–Crippen LogP) is 2.09. The third kappa shape index (κ3) is 2.84. The standard InChI is InChI=1S/C19H20N4O2/c1-12(23-18(24)9-13-5-4-8-16(13)22-23)19(25)21-11-14-10-20-17-7-3-2-6-15(14)17/h2-3,6-7,9-10,12,20H,4-5,8,11H2,1H3,(H,21,25)/t12-/m1/s1. The van der Waals surface area contributed by atoms with Crippen LogP contribution < -0.4 is 10.9 Å². The van der Waals surface area contributed by atoms with Gasteiger partial charge < -0.3 is 10.3 Å². The van der Waals surface area contributed by atoms with Crippen molar-refractivity contribution in [2.24, 2.45) is 0 Å². The van der Waals surface area contributed by atoms with Crippen LogP contribution in [-0.4, -0.2) is 20.7 Å². The first-order chi connectivity index (χ1) is 12.1. The van der Waals surface area contributed by atoms with Crippen molar-refractivity contribution in [1.82, 2.24) is 20.1 Å². The molecule has 1 aliphatic carbocycles. The molecule has 0 aliphatic heterocycles. The van der Waals surface area contributed by atoms with Crippen LogP contribution in [0.3, 0.4) is 0 Å². The summed E-state index contributed by atoms with van der Waals surface area (Å²) in [5.74, 6) is -0.210. The van der Waals surface area contributed by atoms with Crippen molar-refractivity contribution < 1.29 is 4.79 Å². The van der Waals surface area contributed by atoms with E-state index < -0.39 is 6.04 Å². The Morgan fingerprint density at radius 3 is 3.08 bits per heavy atom. The molecular formula is C19H20N4O2. The molecule has 3 aromatic rings. The van der Waals surface area contributed by atoms with Crippen LogP contribution in [0, 0.1) is 0 Å². The second-order valence-electron chi connectivity index (χ2n) is 6.51. The molecule has 0 unspecified atom stereocenters. The van der Waals surface area contributed by atoms with Gasteiger partial charge in [0.25, 0.3) is 5.56 Å². The van der Waals surface area contributed by atoms with Gasteiger partial charge in [0.05, 0.1) is 5.69 Å². The normalized spacial score (nSPS) is 14.4. The topological polar surface area (TPSA) is 79.8 Å². The summed E-state index contributed by atoms with van der Waals surface area (Å²) < 4.78 is 1.30. The van der Waals surface area contributed by atoms with Crippen LogP contribution in [0.2, 0.25) is 0 Å². The van der Waals surface area contributed by atoms with Gasteiger partial charge in [-0.05, 0) is 43.4 Å². The fourth-order valence-corrected chi connectivity index (χ4v) is 3.41. The van der Waals surface area contributed by atoms with Crippen molar-refractivity contribution >= 4 is 16.8 Å². The highest BCUT2D eigenvalue weighted by Crippen LogP contribution is 2.19. The number of amides is 1. The average molecular weight is 336 g/mol. The van der Waals surface area contributed by atoms with E-state index in [0.717, 1.165) is 47.0 Å². The van der Waals surface area contributed by atoms with Gasteiger partial charge in [-0.2, -0.15) is 5.10 Å². The molecule has 0 saturated carbocycles. The van der Waals surface area contributed by atoms with E-state index in [1.165, 1.54) is 4.68 Å². The largest absolute Gasteiger partial charge is 0.361 e. The first kappa shape index (κ1) is 15.6. The number of H-pyrrole nitrogens is 1. The van der Waals surface area contributed by atoms with Crippen LogP contribution in [0.1, 0.15) is 36.2 Å². The number of aromatic nitrogens is 3. The van der Waals surface area contributed by atoms with E-state index in [1.807, 2.05) is 30.5 Å². The fraction of sp³-hybridized carbons (Fsp3) is 0.316. The van der Waals surface area contributed by atoms with Crippen LogP contribution in [0.15, 0.2) is 41.3 Å². The van der Waals surface area contributed by atoms with E-state index in [9.17, 15) is 9.59 Å². The Morgan fingerprint density at radius 2 is 2.20 bits per heavy atom. The Bertz CT molecular complexity index is 1000. The Labute approximate surface area is 144 Å². The first-order valence-electron chi connectivity index (χ1n) is 8.58. The number of aryl methyl sites for hydroxylation is 2. The SMILES string of the molecule is C[C@H](C(=O)NCc1c[nH]c2ccccc12)n1nc2c(cc1=O)CCC2. The van der Waals surface area contributed by atoms with Gasteiger partial charge >= 0.3 is 0 Å². The Morgan fingerprint density at radius 1 is 1.36 bits per heavy atom. The molecule has 0 fully saturated rings. The van der Waals surface area contributed by atoms with Gasteiger partial charge in [0, 0.05) is 29.7 Å². The van der Waals surface area contributed by atoms with Crippen molar-refractivity contribution in [3.63, 3.8) is 0 Å². The molecule has 0 saturated heterocycles. The van der Waals surface area contributed by atoms with E-state index in [1.54, 1.807) is 13.0 Å². The molecule has 1 atom stereocenters. The van der Waals surface area contributed by atoms with Gasteiger partial charge in [0.15, 0.2) is 0 Å². The quantitative estimate of drug-likeness (QED) is 0.765. The summed E-state index contributed by atoms with van der Waals surface area (Å²) in [6.45, 7) is 2.12. The lowest BCUT2D eigenvalue weighted by Crippen LogP contribution is -2.37. The van der Waals surface area contributed by atoms with E-state index in [0.29, 0.717) is 6.54 Å². The van der Waals surface area contributed by atoms with Crippen molar-refractivity contribution in [3.8, 4) is 0 Å². The third-order valence-electron chi connectivity index (χ3n) is 4.86. The Kier molecular flexibility index (Phi) is 3.87. The van der Waals surface area contributed by atoms with E-state index >= 15 is 0 Å². The first-order valence-corrected chi connectivity index (χ1v) is 8.58. The molecule has 6 nitrogen and oxygen atoms in total. The van der Waals surface area contributed by atoms with E-state index in [2.05, 4.69) is 15.4 Å². The molecule has 1 aliphatic rings. The second-order valence-corrected chi connectivity index (χ2v) is 6.51. The molecule has 1 amide bonds. The van der Waals surface area contributed by atoms with Gasteiger partial charge in [0.2, 0.25) is 5.91 Å². The summed E-state index contributed by atoms with van der Waals surface area (Å²) in [4.78, 5) is 27.9. The number of hydrogen-bond acceptors (Lipinski definition) is 3. The third-order valence-corrected chi connectivity index (χ3v) is 4.86. The van der Waals surface area contributed by atoms with E-state index in [-0.39, 0.29) is 11.5 Å². The highest BCUT2D eigenvalue weighted by Gasteiger charge is 2.21. The minimum Gasteiger partial charge on any atom is -0.361 e. The predicted molar refractivity (Wildman–Crippen MR) is 95.4 cm³/mol. The summed E-state index contributed by atoms with van der Waals surface area (Å²) >= 11 is 0. The highest BCUT2D eigenvalue weighted by molar-refractivity contribution is 5.84. The van der Waals surface area contributed by atoms with Crippen LogP contribution >= 0.6 is 0 Å². The molecule has 0 bridgehead atoms. The van der Waals surface area contributed by atoms with Crippen LogP contribution in [0.5, 0.6) is 0 Å². The summed E-state index contributed by atoms with van der Waals surface area (Å²) in [5.41, 5.74) is 3.81. The summed E-state index contributed by atoms with van der Waals surface area (Å²) in [7, 11) is 0. The summed E-state index contributed by atoms with van der Waals surface area (Å²) in [6.07, 6.45) is 4.70. The van der Waals surface area contributed by atoms with E-state index in [4.69, 9.17) is 0 Å². The van der Waals surface area contributed by atoms with Crippen LogP contribution in [0.25, 0.3) is 10.9 Å². The maximum absolute atomic E-state index is 12.5. The van der Waals surface area contributed by atoms with Crippen molar-refractivity contribution in [1.29, 1.82) is 0 Å². The number of carbonyl (C=O) groups excluding carboxylic acids is 1. The zero-order valence-electron chi connectivity index (χ0n) is 14.1. The van der Waals surface area contributed by atoms with Crippen molar-refractivity contribution in [3.05, 3.63) is 63.7 Å². The van der Waals surface area contributed by atoms with Crippen LogP contribution in [-0.2, 0) is 24.2 Å². The smallest absolute Gasteiger partial charge is 0.267 e. The van der Waals surface area contributed by atoms with Gasteiger partial charge in [-0.15, -0.1) is 0 Å². The summed E-state index contributed by atoms with van der Waals surface area (Å²) in [6, 6.07) is 8.94. The molecule has 0 spiro atoms. The lowest BCUT2D eigenvalue weighted by molar-refractivity contribution is -0.124. The highest BCUT2D eigenvalue weighted by atomic mass is 16.2. The number of nitrogens with one attached hydrogen (secondary N) is 2. The molecule has 2 N–H and O–H groups in total. The van der Waals surface area contributed by atoms with Gasteiger partial charge in [-0.25, -0.2) is 4.68 Å². The molecule has 6 heteroatoms. The maximum Gasteiger partial charge on any atom is 0.267 e. The number of carbonyl (C=O) groups is 1. The Hall–Kier alpha value is -2.89. The zero-order valence-corrected chi connectivity index (χ0v) is 14.1. The monoisotopic (exact) mass is 336 g/mol. The van der Waals surface area contributed by atoms with Gasteiger partial charge in [-0.3, -0.25) is 9.59 Å². The minimum absolute atomic E-state index is 0.210. The lowest BCUT2D eigenvalue weighted by atomic mass is 10.2. The van der Waals surface area contributed by atoms with Crippen molar-refractivity contribution in [2.75, 3.05) is 0 Å². The Balaban J connectivity index is 1.50. The lowest BCUT2D eigenvalue weighted by Gasteiger charge is -2.15. The van der Waals surface area contributed by atoms with Crippen LogP contribution in [0.4, 0.5) is 0 Å². The number of nitrogens with zero attached hydrogens (tertiary/aromatic N) is 2. The van der Waals surface area contributed by atoms with Gasteiger partial charge in [0.1, 0.15) is 6.04 Å². The summed E-state index contributed by atoms with van der Waals surface area (Å²) in [5, 5.41) is 8.40. The number of aromatic amines is 1. The molecular weight excluding hydrogens is 316 g/mol. The molecule has 1 aromatic carbocycles. The zero-order chi connectivity index (χ0) is 17.4. The molecule has 25 heavy (non-hydrogen) atoms. The van der Waals surface area contributed by atoms with Crippen molar-refractivity contribution in [2.45, 2.75) is 38.8 Å². The van der Waals surface area contributed by atoms with Gasteiger partial charge in [-0.1, -0.05) is 18.2 Å². The fourth-order valence-electron chi connectivity index (χ4n) is 3.41. The average Bonchev–Trinajstić information content (AvgIpc) is 3.24. The molecule has 0 radical (unpaired) electrons. The number of para-hydroxylation sites is 1. The number of fused-ring (bicyclic) bond motifs is 2. The molecule has 128 valence electrons.